The van der Waals surface area contributed by atoms with Gasteiger partial charge in [-0.15, -0.1) is 0 Å². The van der Waals surface area contributed by atoms with Crippen LogP contribution in [0.3, 0.4) is 0 Å². The minimum atomic E-state index is -1.74. The smallest absolute Gasteiger partial charge is 0.306 e. The van der Waals surface area contributed by atoms with Crippen molar-refractivity contribution in [2.24, 2.45) is 5.92 Å². The van der Waals surface area contributed by atoms with Crippen LogP contribution in [0.15, 0.2) is 24.4 Å². The molecule has 0 radical (unpaired) electrons. The monoisotopic (exact) mass is 335 g/mol. The molecule has 0 unspecified atom stereocenters. The van der Waals surface area contributed by atoms with Crippen molar-refractivity contribution in [1.29, 1.82) is 0 Å². The molecule has 0 saturated carbocycles. The predicted octanol–water partition coefficient (Wildman–Crippen LogP) is 3.97. The zero-order chi connectivity index (χ0) is 17.1. The van der Waals surface area contributed by atoms with Gasteiger partial charge in [0.25, 0.3) is 0 Å². The van der Waals surface area contributed by atoms with Gasteiger partial charge in [0.05, 0.1) is 6.42 Å². The summed E-state index contributed by atoms with van der Waals surface area (Å²) in [5.41, 5.74) is 1.02. The molecule has 0 amide bonds. The second kappa shape index (κ2) is 7.14. The Bertz CT molecular complexity index is 525. The van der Waals surface area contributed by atoms with Crippen LogP contribution < -0.4 is 0 Å². The quantitative estimate of drug-likeness (QED) is 0.583. The molecule has 2 atom stereocenters. The van der Waals surface area contributed by atoms with Gasteiger partial charge in [-0.25, -0.2) is 0 Å². The number of aromatic nitrogens is 1. The third kappa shape index (κ3) is 4.88. The van der Waals surface area contributed by atoms with Crippen LogP contribution in [0.5, 0.6) is 0 Å². The minimum Gasteiger partial charge on any atom is -0.462 e. The zero-order valence-electron chi connectivity index (χ0n) is 15.0. The molecule has 1 fully saturated rings. The van der Waals surface area contributed by atoms with Crippen LogP contribution in [0.2, 0.25) is 18.1 Å². The Morgan fingerprint density at radius 2 is 2.09 bits per heavy atom. The Kier molecular flexibility index (Phi) is 5.63. The van der Waals surface area contributed by atoms with E-state index in [1.54, 1.807) is 6.20 Å². The van der Waals surface area contributed by atoms with Crippen molar-refractivity contribution >= 4 is 14.3 Å². The van der Waals surface area contributed by atoms with Crippen LogP contribution in [0.1, 0.15) is 39.3 Å². The molecule has 128 valence electrons. The maximum atomic E-state index is 11.7. The van der Waals surface area contributed by atoms with E-state index in [0.29, 0.717) is 13.0 Å². The lowest BCUT2D eigenvalue weighted by atomic mass is 9.94. The number of hydrogen-bond donors (Lipinski definition) is 0. The van der Waals surface area contributed by atoms with Crippen LogP contribution in [0.4, 0.5) is 0 Å². The summed E-state index contributed by atoms with van der Waals surface area (Å²) in [5.74, 6) is 0.115. The standard InChI is InChI=1S/C18H29NO3Si/c1-18(2,3)23(4,5)21-11-9-16-14(13-17(20)22-16)12-15-8-6-7-10-19-15/h6-8,10,14,16H,9,11-13H2,1-5H3/t14-,16+/m0/s1. The SMILES string of the molecule is CC(C)(C)[Si](C)(C)OCC[C@H]1OC(=O)C[C@@H]1Cc1ccccn1. The van der Waals surface area contributed by atoms with Crippen LogP contribution in [-0.4, -0.2) is 32.0 Å². The first-order chi connectivity index (χ1) is 10.7. The molecule has 1 saturated heterocycles. The Morgan fingerprint density at radius 1 is 1.35 bits per heavy atom. The maximum Gasteiger partial charge on any atom is 0.306 e. The first-order valence-electron chi connectivity index (χ1n) is 8.42. The number of ether oxygens (including phenoxy) is 1. The molecular weight excluding hydrogens is 306 g/mol. The summed E-state index contributed by atoms with van der Waals surface area (Å²) in [7, 11) is -1.74. The van der Waals surface area contributed by atoms with E-state index in [9.17, 15) is 4.79 Å². The van der Waals surface area contributed by atoms with Crippen molar-refractivity contribution in [3.63, 3.8) is 0 Å². The number of pyridine rings is 1. The Morgan fingerprint density at radius 3 is 2.70 bits per heavy atom. The van der Waals surface area contributed by atoms with Gasteiger partial charge < -0.3 is 9.16 Å². The van der Waals surface area contributed by atoms with E-state index < -0.39 is 8.32 Å². The van der Waals surface area contributed by atoms with Crippen molar-refractivity contribution < 1.29 is 14.0 Å². The van der Waals surface area contributed by atoms with Gasteiger partial charge in [0.1, 0.15) is 6.10 Å². The Labute approximate surface area is 140 Å². The van der Waals surface area contributed by atoms with Gasteiger partial charge in [-0.3, -0.25) is 9.78 Å². The van der Waals surface area contributed by atoms with Gasteiger partial charge in [0.2, 0.25) is 0 Å². The normalized spacial score (nSPS) is 22.2. The summed E-state index contributed by atoms with van der Waals surface area (Å²) < 4.78 is 11.7. The number of carbonyl (C=O) groups is 1. The van der Waals surface area contributed by atoms with Gasteiger partial charge in [-0.2, -0.15) is 0 Å². The topological polar surface area (TPSA) is 48.4 Å². The third-order valence-corrected chi connectivity index (χ3v) is 9.64. The highest BCUT2D eigenvalue weighted by atomic mass is 28.4. The van der Waals surface area contributed by atoms with Crippen molar-refractivity contribution in [3.8, 4) is 0 Å². The highest BCUT2D eigenvalue weighted by Gasteiger charge is 2.39. The molecule has 5 heteroatoms. The van der Waals surface area contributed by atoms with Crippen LogP contribution in [0, 0.1) is 5.92 Å². The second-order valence-corrected chi connectivity index (χ2v) is 12.7. The Balaban J connectivity index is 1.89. The summed E-state index contributed by atoms with van der Waals surface area (Å²) in [4.78, 5) is 16.1. The molecule has 1 aromatic heterocycles. The molecule has 0 N–H and O–H groups in total. The fourth-order valence-corrected chi connectivity index (χ4v) is 3.65. The van der Waals surface area contributed by atoms with E-state index in [-0.39, 0.29) is 23.0 Å². The van der Waals surface area contributed by atoms with E-state index in [1.807, 2.05) is 18.2 Å². The molecule has 1 aliphatic rings. The summed E-state index contributed by atoms with van der Waals surface area (Å²) in [6.45, 7) is 11.9. The first kappa shape index (κ1) is 18.1. The van der Waals surface area contributed by atoms with E-state index in [4.69, 9.17) is 9.16 Å². The van der Waals surface area contributed by atoms with Crippen molar-refractivity contribution in [3.05, 3.63) is 30.1 Å². The fraction of sp³-hybridized carbons (Fsp3) is 0.667. The molecule has 2 heterocycles. The molecule has 23 heavy (non-hydrogen) atoms. The van der Waals surface area contributed by atoms with E-state index in [0.717, 1.165) is 18.5 Å². The highest BCUT2D eigenvalue weighted by molar-refractivity contribution is 6.74. The third-order valence-electron chi connectivity index (χ3n) is 5.11. The molecule has 0 bridgehead atoms. The van der Waals surface area contributed by atoms with Gasteiger partial charge >= 0.3 is 5.97 Å². The van der Waals surface area contributed by atoms with Gasteiger partial charge in [0, 0.05) is 30.8 Å². The molecule has 0 spiro atoms. The average Bonchev–Trinajstić information content (AvgIpc) is 2.78. The summed E-state index contributed by atoms with van der Waals surface area (Å²) >= 11 is 0. The molecule has 2 rings (SSSR count). The fourth-order valence-electron chi connectivity index (χ4n) is 2.59. The van der Waals surface area contributed by atoms with E-state index >= 15 is 0 Å². The summed E-state index contributed by atoms with van der Waals surface area (Å²) in [5, 5.41) is 0.201. The lowest BCUT2D eigenvalue weighted by Crippen LogP contribution is -2.41. The summed E-state index contributed by atoms with van der Waals surface area (Å²) in [6.07, 6.45) is 3.80. The molecule has 1 aromatic rings. The number of cyclic esters (lactones) is 1. The molecule has 0 aliphatic carbocycles. The van der Waals surface area contributed by atoms with Crippen LogP contribution >= 0.6 is 0 Å². The first-order valence-corrected chi connectivity index (χ1v) is 11.3. The number of rotatable bonds is 6. The van der Waals surface area contributed by atoms with Gasteiger partial charge in [-0.1, -0.05) is 26.8 Å². The zero-order valence-corrected chi connectivity index (χ0v) is 16.0. The van der Waals surface area contributed by atoms with Crippen molar-refractivity contribution in [2.45, 2.75) is 64.3 Å². The van der Waals surface area contributed by atoms with Crippen LogP contribution in [0.25, 0.3) is 0 Å². The second-order valence-electron chi connectivity index (χ2n) is 7.92. The predicted molar refractivity (Wildman–Crippen MR) is 93.7 cm³/mol. The van der Waals surface area contributed by atoms with E-state index in [1.165, 1.54) is 0 Å². The van der Waals surface area contributed by atoms with Gasteiger partial charge in [0.15, 0.2) is 8.32 Å². The average molecular weight is 336 g/mol. The summed E-state index contributed by atoms with van der Waals surface area (Å²) in [6, 6.07) is 5.89. The largest absolute Gasteiger partial charge is 0.462 e. The van der Waals surface area contributed by atoms with E-state index in [2.05, 4.69) is 38.8 Å². The number of carbonyl (C=O) groups excluding carboxylic acids is 1. The highest BCUT2D eigenvalue weighted by Crippen LogP contribution is 2.37. The van der Waals surface area contributed by atoms with Crippen molar-refractivity contribution in [1.82, 2.24) is 4.98 Å². The van der Waals surface area contributed by atoms with Crippen LogP contribution in [-0.2, 0) is 20.4 Å². The Hall–Kier alpha value is -1.20. The maximum absolute atomic E-state index is 11.7. The molecule has 1 aliphatic heterocycles. The lowest BCUT2D eigenvalue weighted by molar-refractivity contribution is -0.141. The number of nitrogens with zero attached hydrogens (tertiary/aromatic N) is 1. The minimum absolute atomic E-state index is 0.0470. The molecule has 4 nitrogen and oxygen atoms in total. The van der Waals surface area contributed by atoms with Gasteiger partial charge in [-0.05, 0) is 36.7 Å². The molecular formula is C18H29NO3Si. The number of hydrogen-bond acceptors (Lipinski definition) is 4. The number of esters is 1. The van der Waals surface area contributed by atoms with Crippen molar-refractivity contribution in [2.75, 3.05) is 6.61 Å². The lowest BCUT2D eigenvalue weighted by Gasteiger charge is -2.36. The molecule has 0 aromatic carbocycles.